The van der Waals surface area contributed by atoms with Crippen LogP contribution < -0.4 is 16.0 Å². The SMILES string of the molecule is C=CCNc1nc(C(=O)OCC(=O)Nc2cccc(NC(C)=O)c2)cs1. The Balaban J connectivity index is 1.84. The first-order valence-corrected chi connectivity index (χ1v) is 8.51. The van der Waals surface area contributed by atoms with Crippen molar-refractivity contribution in [1.29, 1.82) is 0 Å². The van der Waals surface area contributed by atoms with Crippen LogP contribution in [-0.2, 0) is 14.3 Å². The number of anilines is 3. The number of ether oxygens (including phenoxy) is 1. The minimum absolute atomic E-state index is 0.127. The molecule has 3 N–H and O–H groups in total. The lowest BCUT2D eigenvalue weighted by atomic mass is 10.2. The number of thiazole rings is 1. The molecule has 8 nitrogen and oxygen atoms in total. The second-order valence-corrected chi connectivity index (χ2v) is 5.95. The van der Waals surface area contributed by atoms with Crippen molar-refractivity contribution >= 4 is 45.6 Å². The zero-order chi connectivity index (χ0) is 18.9. The highest BCUT2D eigenvalue weighted by atomic mass is 32.1. The minimum Gasteiger partial charge on any atom is -0.451 e. The molecule has 0 aliphatic rings. The summed E-state index contributed by atoms with van der Waals surface area (Å²) in [4.78, 5) is 38.9. The van der Waals surface area contributed by atoms with E-state index in [4.69, 9.17) is 4.74 Å². The van der Waals surface area contributed by atoms with Gasteiger partial charge < -0.3 is 20.7 Å². The Labute approximate surface area is 154 Å². The number of hydrogen-bond donors (Lipinski definition) is 3. The number of hydrogen-bond acceptors (Lipinski definition) is 7. The number of rotatable bonds is 8. The predicted octanol–water partition coefficient (Wildman–Crippen LogP) is 2.49. The summed E-state index contributed by atoms with van der Waals surface area (Å²) in [5, 5.41) is 10.3. The van der Waals surface area contributed by atoms with Crippen LogP contribution >= 0.6 is 11.3 Å². The zero-order valence-electron chi connectivity index (χ0n) is 14.1. The molecule has 2 aromatic rings. The van der Waals surface area contributed by atoms with Crippen molar-refractivity contribution in [3.05, 3.63) is 48.0 Å². The molecule has 0 unspecified atom stereocenters. The highest BCUT2D eigenvalue weighted by molar-refractivity contribution is 7.13. The van der Waals surface area contributed by atoms with Gasteiger partial charge in [-0.05, 0) is 18.2 Å². The number of carbonyl (C=O) groups is 3. The van der Waals surface area contributed by atoms with Gasteiger partial charge >= 0.3 is 5.97 Å². The smallest absolute Gasteiger partial charge is 0.358 e. The summed E-state index contributed by atoms with van der Waals surface area (Å²) < 4.78 is 4.95. The lowest BCUT2D eigenvalue weighted by Crippen LogP contribution is -2.21. The summed E-state index contributed by atoms with van der Waals surface area (Å²) in [5.74, 6) is -1.40. The van der Waals surface area contributed by atoms with Crippen LogP contribution in [0.1, 0.15) is 17.4 Å². The van der Waals surface area contributed by atoms with Crippen molar-refractivity contribution < 1.29 is 19.1 Å². The van der Waals surface area contributed by atoms with E-state index in [1.807, 2.05) is 0 Å². The predicted molar refractivity (Wildman–Crippen MR) is 100 cm³/mol. The van der Waals surface area contributed by atoms with Crippen LogP contribution in [0.25, 0.3) is 0 Å². The Hall–Kier alpha value is -3.20. The number of nitrogens with zero attached hydrogens (tertiary/aromatic N) is 1. The van der Waals surface area contributed by atoms with E-state index < -0.39 is 18.5 Å². The quantitative estimate of drug-likeness (QED) is 0.484. The van der Waals surface area contributed by atoms with Gasteiger partial charge in [-0.1, -0.05) is 12.1 Å². The van der Waals surface area contributed by atoms with Gasteiger partial charge in [0.25, 0.3) is 5.91 Å². The molecule has 1 aromatic heterocycles. The largest absolute Gasteiger partial charge is 0.451 e. The summed E-state index contributed by atoms with van der Waals surface area (Å²) in [6.07, 6.45) is 1.67. The average Bonchev–Trinajstić information content (AvgIpc) is 3.06. The van der Waals surface area contributed by atoms with Crippen LogP contribution in [0.5, 0.6) is 0 Å². The molecule has 0 fully saturated rings. The molecule has 0 radical (unpaired) electrons. The molecule has 26 heavy (non-hydrogen) atoms. The maximum atomic E-state index is 11.9. The van der Waals surface area contributed by atoms with E-state index in [1.54, 1.807) is 35.7 Å². The molecule has 0 bridgehead atoms. The second kappa shape index (κ2) is 9.33. The first kappa shape index (κ1) is 19.1. The fourth-order valence-electron chi connectivity index (χ4n) is 1.89. The van der Waals surface area contributed by atoms with Gasteiger partial charge in [-0.3, -0.25) is 9.59 Å². The van der Waals surface area contributed by atoms with Gasteiger partial charge in [0, 0.05) is 30.2 Å². The fourth-order valence-corrected chi connectivity index (χ4v) is 2.58. The first-order chi connectivity index (χ1) is 12.5. The van der Waals surface area contributed by atoms with E-state index in [2.05, 4.69) is 27.5 Å². The molecule has 0 saturated carbocycles. The Morgan fingerprint density at radius 3 is 2.69 bits per heavy atom. The number of esters is 1. The topological polar surface area (TPSA) is 109 Å². The van der Waals surface area contributed by atoms with Gasteiger partial charge in [0.15, 0.2) is 17.4 Å². The minimum atomic E-state index is -0.685. The number of benzene rings is 1. The van der Waals surface area contributed by atoms with Crippen molar-refractivity contribution in [2.75, 3.05) is 29.1 Å². The van der Waals surface area contributed by atoms with Gasteiger partial charge in [0.05, 0.1) is 0 Å². The number of amides is 2. The van der Waals surface area contributed by atoms with Gasteiger partial charge in [-0.15, -0.1) is 17.9 Å². The molecule has 0 spiro atoms. The molecule has 0 saturated heterocycles. The Kier molecular flexibility index (Phi) is 6.86. The number of nitrogens with one attached hydrogen (secondary N) is 3. The third-order valence-corrected chi connectivity index (χ3v) is 3.71. The maximum absolute atomic E-state index is 11.9. The van der Waals surface area contributed by atoms with E-state index in [9.17, 15) is 14.4 Å². The standard InChI is InChI=1S/C17H18N4O4S/c1-3-7-18-17-21-14(10-26-17)16(24)25-9-15(23)20-13-6-4-5-12(8-13)19-11(2)22/h3-6,8,10H,1,7,9H2,2H3,(H,18,21)(H,19,22)(H,20,23). The van der Waals surface area contributed by atoms with Gasteiger partial charge in [0.1, 0.15) is 0 Å². The molecule has 0 aliphatic carbocycles. The van der Waals surface area contributed by atoms with E-state index >= 15 is 0 Å². The Morgan fingerprint density at radius 1 is 1.27 bits per heavy atom. The van der Waals surface area contributed by atoms with Crippen LogP contribution in [0.15, 0.2) is 42.3 Å². The molecule has 136 valence electrons. The summed E-state index contributed by atoms with van der Waals surface area (Å²) in [7, 11) is 0. The van der Waals surface area contributed by atoms with Crippen molar-refractivity contribution in [3.63, 3.8) is 0 Å². The molecular formula is C17H18N4O4S. The molecule has 2 rings (SSSR count). The maximum Gasteiger partial charge on any atom is 0.358 e. The fraction of sp³-hybridized carbons (Fsp3) is 0.176. The Morgan fingerprint density at radius 2 is 2.00 bits per heavy atom. The van der Waals surface area contributed by atoms with Crippen LogP contribution in [0, 0.1) is 0 Å². The van der Waals surface area contributed by atoms with Gasteiger partial charge in [-0.2, -0.15) is 0 Å². The molecule has 1 aromatic carbocycles. The first-order valence-electron chi connectivity index (χ1n) is 7.63. The monoisotopic (exact) mass is 374 g/mol. The normalized spacial score (nSPS) is 9.88. The third-order valence-electron chi connectivity index (χ3n) is 2.91. The summed E-state index contributed by atoms with van der Waals surface area (Å²) in [6.45, 7) is 5.05. The highest BCUT2D eigenvalue weighted by Crippen LogP contribution is 2.16. The Bertz CT molecular complexity index is 819. The number of carbonyl (C=O) groups excluding carboxylic acids is 3. The zero-order valence-corrected chi connectivity index (χ0v) is 14.9. The highest BCUT2D eigenvalue weighted by Gasteiger charge is 2.14. The second-order valence-electron chi connectivity index (χ2n) is 5.09. The van der Waals surface area contributed by atoms with Crippen LogP contribution in [0.2, 0.25) is 0 Å². The third kappa shape index (κ3) is 6.02. The van der Waals surface area contributed by atoms with Crippen LogP contribution in [-0.4, -0.2) is 35.9 Å². The number of aromatic nitrogens is 1. The molecular weight excluding hydrogens is 356 g/mol. The molecule has 2 amide bonds. The van der Waals surface area contributed by atoms with Crippen LogP contribution in [0.3, 0.4) is 0 Å². The lowest BCUT2D eigenvalue weighted by Gasteiger charge is -2.08. The van der Waals surface area contributed by atoms with Crippen molar-refractivity contribution in [2.45, 2.75) is 6.92 Å². The van der Waals surface area contributed by atoms with Crippen molar-refractivity contribution in [3.8, 4) is 0 Å². The molecule has 1 heterocycles. The van der Waals surface area contributed by atoms with E-state index in [-0.39, 0.29) is 11.6 Å². The summed E-state index contributed by atoms with van der Waals surface area (Å²) in [6, 6.07) is 6.62. The van der Waals surface area contributed by atoms with Crippen molar-refractivity contribution in [1.82, 2.24) is 4.98 Å². The summed E-state index contributed by atoms with van der Waals surface area (Å²) >= 11 is 1.26. The van der Waals surface area contributed by atoms with Gasteiger partial charge in [0.2, 0.25) is 5.91 Å². The summed E-state index contributed by atoms with van der Waals surface area (Å²) in [5.41, 5.74) is 1.15. The van der Waals surface area contributed by atoms with Crippen molar-refractivity contribution in [2.24, 2.45) is 0 Å². The van der Waals surface area contributed by atoms with E-state index in [0.717, 1.165) is 0 Å². The average molecular weight is 374 g/mol. The van der Waals surface area contributed by atoms with E-state index in [1.165, 1.54) is 18.3 Å². The van der Waals surface area contributed by atoms with Crippen LogP contribution in [0.4, 0.5) is 16.5 Å². The molecule has 0 atom stereocenters. The van der Waals surface area contributed by atoms with Gasteiger partial charge in [-0.25, -0.2) is 9.78 Å². The lowest BCUT2D eigenvalue weighted by molar-refractivity contribution is -0.119. The molecule has 0 aliphatic heterocycles. The molecule has 9 heteroatoms. The van der Waals surface area contributed by atoms with E-state index in [0.29, 0.717) is 23.1 Å².